The van der Waals surface area contributed by atoms with Gasteiger partial charge in [0.05, 0.1) is 0 Å². The van der Waals surface area contributed by atoms with Crippen LogP contribution >= 0.6 is 11.8 Å². The second-order valence-electron chi connectivity index (χ2n) is 4.05. The van der Waals surface area contributed by atoms with Crippen molar-refractivity contribution in [2.24, 2.45) is 4.99 Å². The van der Waals surface area contributed by atoms with E-state index in [-0.39, 0.29) is 4.87 Å². The number of hydrogen-bond donors (Lipinski definition) is 0. The summed E-state index contributed by atoms with van der Waals surface area (Å²) in [5, 5.41) is 0. The molecule has 1 nitrogen and oxygen atoms in total. The van der Waals surface area contributed by atoms with Gasteiger partial charge >= 0.3 is 0 Å². The molecule has 1 unspecified atom stereocenters. The fourth-order valence-corrected chi connectivity index (χ4v) is 3.25. The Hall–Kier alpha value is -0.760. The maximum atomic E-state index is 4.61. The van der Waals surface area contributed by atoms with Crippen LogP contribution in [0.5, 0.6) is 0 Å². The maximum absolute atomic E-state index is 4.61. The van der Waals surface area contributed by atoms with Gasteiger partial charge in [0.25, 0.3) is 0 Å². The highest BCUT2D eigenvalue weighted by Crippen LogP contribution is 2.44. The highest BCUT2D eigenvalue weighted by molar-refractivity contribution is 8.01. The van der Waals surface area contributed by atoms with Crippen molar-refractivity contribution in [2.75, 3.05) is 5.75 Å². The third-order valence-corrected chi connectivity index (χ3v) is 4.40. The van der Waals surface area contributed by atoms with E-state index in [1.165, 1.54) is 24.0 Å². The quantitative estimate of drug-likeness (QED) is 0.683. The molecular weight excluding hydrogens is 190 g/mol. The first-order valence-corrected chi connectivity index (χ1v) is 6.07. The Morgan fingerprint density at radius 1 is 1.36 bits per heavy atom. The summed E-state index contributed by atoms with van der Waals surface area (Å²) < 4.78 is 0. The van der Waals surface area contributed by atoms with Gasteiger partial charge in [0.1, 0.15) is 4.87 Å². The molecule has 1 heterocycles. The fourth-order valence-electron chi connectivity index (χ4n) is 2.28. The van der Waals surface area contributed by atoms with Crippen molar-refractivity contribution >= 4 is 18.0 Å². The SMILES string of the molecule is CC1(c2cccc3c2CC3)N=CCS1. The molecule has 0 radical (unpaired) electrons. The molecule has 2 heteroatoms. The zero-order chi connectivity index (χ0) is 9.60. The normalized spacial score (nSPS) is 28.6. The lowest BCUT2D eigenvalue weighted by Crippen LogP contribution is -2.20. The number of hydrogen-bond acceptors (Lipinski definition) is 2. The zero-order valence-electron chi connectivity index (χ0n) is 8.29. The second kappa shape index (κ2) is 2.86. The molecule has 14 heavy (non-hydrogen) atoms. The summed E-state index contributed by atoms with van der Waals surface area (Å²) in [5.74, 6) is 1.06. The average Bonchev–Trinajstić information content (AvgIpc) is 2.55. The van der Waals surface area contributed by atoms with Crippen LogP contribution in [0.4, 0.5) is 0 Å². The molecule has 0 fully saturated rings. The third-order valence-electron chi connectivity index (χ3n) is 3.19. The lowest BCUT2D eigenvalue weighted by Gasteiger charge is -2.29. The van der Waals surface area contributed by atoms with Gasteiger partial charge in [-0.1, -0.05) is 18.2 Å². The molecule has 0 amide bonds. The van der Waals surface area contributed by atoms with Gasteiger partial charge in [0.2, 0.25) is 0 Å². The Kier molecular flexibility index (Phi) is 1.75. The van der Waals surface area contributed by atoms with Crippen molar-refractivity contribution in [3.63, 3.8) is 0 Å². The predicted molar refractivity (Wildman–Crippen MR) is 62.2 cm³/mol. The number of nitrogens with zero attached hydrogens (tertiary/aromatic N) is 1. The Bertz CT molecular complexity index is 411. The molecule has 0 bridgehead atoms. The van der Waals surface area contributed by atoms with Crippen LogP contribution in [0.3, 0.4) is 0 Å². The molecule has 1 aliphatic heterocycles. The summed E-state index contributed by atoms with van der Waals surface area (Å²) in [5.41, 5.74) is 4.54. The minimum absolute atomic E-state index is 0.00572. The summed E-state index contributed by atoms with van der Waals surface area (Å²) in [6.45, 7) is 2.23. The standard InChI is InChI=1S/C12H13NS/c1-12(13-7-8-14-12)11-4-2-3-9-5-6-10(9)11/h2-4,7H,5-6,8H2,1H3. The van der Waals surface area contributed by atoms with E-state index in [0.717, 1.165) is 5.75 Å². The topological polar surface area (TPSA) is 12.4 Å². The van der Waals surface area contributed by atoms with Crippen molar-refractivity contribution in [3.8, 4) is 0 Å². The number of aryl methyl sites for hydroxylation is 1. The van der Waals surface area contributed by atoms with Crippen LogP contribution in [0, 0.1) is 0 Å². The van der Waals surface area contributed by atoms with Gasteiger partial charge in [-0.25, -0.2) is 0 Å². The molecule has 1 aromatic rings. The molecule has 0 saturated heterocycles. The first kappa shape index (κ1) is 8.54. The Labute approximate surface area is 88.6 Å². The van der Waals surface area contributed by atoms with Gasteiger partial charge in [0.15, 0.2) is 0 Å². The molecule has 3 rings (SSSR count). The third kappa shape index (κ3) is 1.07. The molecule has 1 atom stereocenters. The summed E-state index contributed by atoms with van der Waals surface area (Å²) in [7, 11) is 0. The Balaban J connectivity index is 2.12. The van der Waals surface area contributed by atoms with Crippen LogP contribution in [0.1, 0.15) is 23.6 Å². The molecule has 0 N–H and O–H groups in total. The number of rotatable bonds is 1. The van der Waals surface area contributed by atoms with E-state index in [1.54, 1.807) is 5.56 Å². The lowest BCUT2D eigenvalue weighted by molar-refractivity contribution is 0.707. The smallest absolute Gasteiger partial charge is 0.128 e. The van der Waals surface area contributed by atoms with E-state index in [0.29, 0.717) is 0 Å². The second-order valence-corrected chi connectivity index (χ2v) is 5.47. The van der Waals surface area contributed by atoms with Crippen LogP contribution in [-0.2, 0) is 17.7 Å². The van der Waals surface area contributed by atoms with Crippen LogP contribution in [0.2, 0.25) is 0 Å². The van der Waals surface area contributed by atoms with Crippen LogP contribution in [-0.4, -0.2) is 12.0 Å². The highest BCUT2D eigenvalue weighted by atomic mass is 32.2. The minimum Gasteiger partial charge on any atom is -0.275 e. The first-order chi connectivity index (χ1) is 6.80. The molecule has 1 aromatic carbocycles. The van der Waals surface area contributed by atoms with Crippen molar-refractivity contribution in [3.05, 3.63) is 34.9 Å². The summed E-state index contributed by atoms with van der Waals surface area (Å²) >= 11 is 1.93. The van der Waals surface area contributed by atoms with E-state index in [1.807, 2.05) is 18.0 Å². The summed E-state index contributed by atoms with van der Waals surface area (Å²) in [6.07, 6.45) is 4.55. The van der Waals surface area contributed by atoms with E-state index in [2.05, 4.69) is 30.1 Å². The molecule has 0 aromatic heterocycles. The van der Waals surface area contributed by atoms with Gasteiger partial charge in [-0.15, -0.1) is 11.8 Å². The lowest BCUT2D eigenvalue weighted by atomic mass is 9.83. The van der Waals surface area contributed by atoms with Gasteiger partial charge in [-0.3, -0.25) is 4.99 Å². The number of thioether (sulfide) groups is 1. The number of fused-ring (bicyclic) bond motifs is 1. The van der Waals surface area contributed by atoms with Crippen LogP contribution in [0.15, 0.2) is 23.2 Å². The van der Waals surface area contributed by atoms with Gasteiger partial charge in [0, 0.05) is 12.0 Å². The van der Waals surface area contributed by atoms with E-state index in [4.69, 9.17) is 0 Å². The molecule has 0 saturated carbocycles. The average molecular weight is 203 g/mol. The monoisotopic (exact) mass is 203 g/mol. The molecule has 0 spiro atoms. The van der Waals surface area contributed by atoms with Crippen LogP contribution in [0.25, 0.3) is 0 Å². The summed E-state index contributed by atoms with van der Waals surface area (Å²) in [6, 6.07) is 6.66. The zero-order valence-corrected chi connectivity index (χ0v) is 9.10. The van der Waals surface area contributed by atoms with Gasteiger partial charge < -0.3 is 0 Å². The maximum Gasteiger partial charge on any atom is 0.128 e. The highest BCUT2D eigenvalue weighted by Gasteiger charge is 2.33. The van der Waals surface area contributed by atoms with Crippen molar-refractivity contribution in [1.82, 2.24) is 0 Å². The van der Waals surface area contributed by atoms with Crippen molar-refractivity contribution in [1.29, 1.82) is 0 Å². The van der Waals surface area contributed by atoms with E-state index >= 15 is 0 Å². The number of benzene rings is 1. The summed E-state index contributed by atoms with van der Waals surface area (Å²) in [4.78, 5) is 4.62. The predicted octanol–water partition coefficient (Wildman–Crippen LogP) is 2.78. The van der Waals surface area contributed by atoms with Crippen LogP contribution < -0.4 is 0 Å². The van der Waals surface area contributed by atoms with Crippen molar-refractivity contribution < 1.29 is 0 Å². The Morgan fingerprint density at radius 2 is 2.29 bits per heavy atom. The van der Waals surface area contributed by atoms with Gasteiger partial charge in [-0.2, -0.15) is 0 Å². The largest absolute Gasteiger partial charge is 0.275 e. The Morgan fingerprint density at radius 3 is 2.93 bits per heavy atom. The molecule has 72 valence electrons. The van der Waals surface area contributed by atoms with Crippen molar-refractivity contribution in [2.45, 2.75) is 24.6 Å². The molecule has 2 aliphatic rings. The molecule has 1 aliphatic carbocycles. The first-order valence-electron chi connectivity index (χ1n) is 5.08. The minimum atomic E-state index is 0.00572. The van der Waals surface area contributed by atoms with E-state index < -0.39 is 0 Å². The van der Waals surface area contributed by atoms with Gasteiger partial charge in [-0.05, 0) is 36.5 Å². The number of aliphatic imine (C=N–C) groups is 1. The fraction of sp³-hybridized carbons (Fsp3) is 0.417. The molecular formula is C12H13NS. The van der Waals surface area contributed by atoms with E-state index in [9.17, 15) is 0 Å².